The second-order valence-electron chi connectivity index (χ2n) is 5.81. The van der Waals surface area contributed by atoms with E-state index in [2.05, 4.69) is 39.6 Å². The van der Waals surface area contributed by atoms with Gasteiger partial charge in [0.05, 0.1) is 16.0 Å². The third-order valence-electron chi connectivity index (χ3n) is 3.71. The van der Waals surface area contributed by atoms with Crippen LogP contribution in [0.3, 0.4) is 0 Å². The average molecular weight is 414 g/mol. The SMILES string of the molecule is Cc1ccc2nc(-c3ccc(NC(=O)CSc4nnc(N)s4)cc3)sc2c1. The normalized spacial score (nSPS) is 11.0. The molecule has 4 aromatic rings. The van der Waals surface area contributed by atoms with Gasteiger partial charge in [0.25, 0.3) is 0 Å². The van der Waals surface area contributed by atoms with Gasteiger partial charge in [-0.2, -0.15) is 0 Å². The first kappa shape index (κ1) is 17.9. The molecule has 0 saturated carbocycles. The number of nitrogens with one attached hydrogen (secondary N) is 1. The van der Waals surface area contributed by atoms with Crippen molar-refractivity contribution in [2.45, 2.75) is 11.3 Å². The molecule has 0 atom stereocenters. The highest BCUT2D eigenvalue weighted by molar-refractivity contribution is 8.01. The van der Waals surface area contributed by atoms with Crippen molar-refractivity contribution >= 4 is 61.4 Å². The molecule has 0 aliphatic heterocycles. The van der Waals surface area contributed by atoms with E-state index < -0.39 is 0 Å². The second kappa shape index (κ2) is 7.63. The number of anilines is 2. The molecule has 1 amide bonds. The van der Waals surface area contributed by atoms with E-state index in [1.54, 1.807) is 11.3 Å². The summed E-state index contributed by atoms with van der Waals surface area (Å²) < 4.78 is 1.86. The highest BCUT2D eigenvalue weighted by Gasteiger charge is 2.09. The Morgan fingerprint density at radius 1 is 1.15 bits per heavy atom. The summed E-state index contributed by atoms with van der Waals surface area (Å²) in [6.07, 6.45) is 0. The van der Waals surface area contributed by atoms with Gasteiger partial charge >= 0.3 is 0 Å². The minimum absolute atomic E-state index is 0.100. The quantitative estimate of drug-likeness (QED) is 0.470. The number of aromatic nitrogens is 3. The van der Waals surface area contributed by atoms with E-state index >= 15 is 0 Å². The van der Waals surface area contributed by atoms with E-state index in [1.165, 1.54) is 33.4 Å². The standard InChI is InChI=1S/C18H15N5OS3/c1-10-2-7-13-14(8-10)26-16(21-13)11-3-5-12(6-4-11)20-15(24)9-25-18-23-22-17(19)27-18/h2-8H,9H2,1H3,(H2,19,22)(H,20,24). The Hall–Kier alpha value is -2.49. The van der Waals surface area contributed by atoms with Crippen LogP contribution in [0.1, 0.15) is 5.56 Å². The van der Waals surface area contributed by atoms with Gasteiger partial charge in [-0.15, -0.1) is 21.5 Å². The summed E-state index contributed by atoms with van der Waals surface area (Å²) in [5, 5.41) is 11.9. The Balaban J connectivity index is 1.41. The largest absolute Gasteiger partial charge is 0.374 e. The fourth-order valence-electron chi connectivity index (χ4n) is 2.45. The molecule has 6 nitrogen and oxygen atoms in total. The lowest BCUT2D eigenvalue weighted by atomic mass is 10.2. The van der Waals surface area contributed by atoms with Crippen LogP contribution in [0.5, 0.6) is 0 Å². The zero-order valence-corrected chi connectivity index (χ0v) is 16.8. The van der Waals surface area contributed by atoms with Crippen LogP contribution >= 0.6 is 34.4 Å². The van der Waals surface area contributed by atoms with Crippen LogP contribution in [0, 0.1) is 6.92 Å². The van der Waals surface area contributed by atoms with E-state index in [-0.39, 0.29) is 11.7 Å². The van der Waals surface area contributed by atoms with Crippen LogP contribution in [0.15, 0.2) is 46.8 Å². The van der Waals surface area contributed by atoms with Crippen molar-refractivity contribution in [2.75, 3.05) is 16.8 Å². The van der Waals surface area contributed by atoms with Gasteiger partial charge < -0.3 is 11.1 Å². The van der Waals surface area contributed by atoms with Crippen molar-refractivity contribution in [3.63, 3.8) is 0 Å². The molecule has 4 rings (SSSR count). The number of rotatable bonds is 5. The predicted molar refractivity (Wildman–Crippen MR) is 113 cm³/mol. The molecule has 0 bridgehead atoms. The Kier molecular flexibility index (Phi) is 5.06. The number of benzene rings is 2. The fraction of sp³-hybridized carbons (Fsp3) is 0.111. The number of fused-ring (bicyclic) bond motifs is 1. The lowest BCUT2D eigenvalue weighted by Crippen LogP contribution is -2.13. The van der Waals surface area contributed by atoms with Crippen molar-refractivity contribution in [1.82, 2.24) is 15.2 Å². The maximum Gasteiger partial charge on any atom is 0.234 e. The molecular formula is C18H15N5OS3. The minimum Gasteiger partial charge on any atom is -0.374 e. The lowest BCUT2D eigenvalue weighted by molar-refractivity contribution is -0.113. The van der Waals surface area contributed by atoms with Crippen LogP contribution in [0.25, 0.3) is 20.8 Å². The van der Waals surface area contributed by atoms with Crippen molar-refractivity contribution in [3.8, 4) is 10.6 Å². The molecule has 136 valence electrons. The van der Waals surface area contributed by atoms with Crippen LogP contribution in [0.4, 0.5) is 10.8 Å². The summed E-state index contributed by atoms with van der Waals surface area (Å²) in [5.41, 5.74) is 9.54. The van der Waals surface area contributed by atoms with Crippen molar-refractivity contribution in [1.29, 1.82) is 0 Å². The zero-order valence-electron chi connectivity index (χ0n) is 14.3. The molecule has 2 aromatic heterocycles. The first-order chi connectivity index (χ1) is 13.1. The van der Waals surface area contributed by atoms with Crippen LogP contribution in [-0.4, -0.2) is 26.8 Å². The number of carbonyl (C=O) groups excluding carboxylic acids is 1. The highest BCUT2D eigenvalue weighted by atomic mass is 32.2. The van der Waals surface area contributed by atoms with Gasteiger partial charge in [0, 0.05) is 11.3 Å². The van der Waals surface area contributed by atoms with Crippen LogP contribution in [-0.2, 0) is 4.79 Å². The molecule has 9 heteroatoms. The van der Waals surface area contributed by atoms with Gasteiger partial charge in [-0.1, -0.05) is 29.2 Å². The number of aryl methyl sites for hydroxylation is 1. The molecule has 2 aromatic carbocycles. The van der Waals surface area contributed by atoms with Crippen molar-refractivity contribution in [2.24, 2.45) is 0 Å². The second-order valence-corrected chi connectivity index (χ2v) is 9.07. The van der Waals surface area contributed by atoms with Crippen molar-refractivity contribution in [3.05, 3.63) is 48.0 Å². The summed E-state index contributed by atoms with van der Waals surface area (Å²) in [5.74, 6) is 0.158. The molecule has 0 radical (unpaired) electrons. The van der Waals surface area contributed by atoms with Gasteiger partial charge in [-0.25, -0.2) is 4.98 Å². The van der Waals surface area contributed by atoms with Gasteiger partial charge in [-0.05, 0) is 48.9 Å². The first-order valence-corrected chi connectivity index (χ1v) is 10.7. The van der Waals surface area contributed by atoms with E-state index in [0.717, 1.165) is 21.8 Å². The zero-order chi connectivity index (χ0) is 18.8. The molecule has 0 saturated heterocycles. The summed E-state index contributed by atoms with van der Waals surface area (Å²) >= 11 is 4.26. The number of nitrogens with two attached hydrogens (primary N) is 1. The number of carbonyl (C=O) groups is 1. The minimum atomic E-state index is -0.100. The number of thiazole rings is 1. The summed E-state index contributed by atoms with van der Waals surface area (Å²) in [4.78, 5) is 16.8. The Morgan fingerprint density at radius 2 is 1.96 bits per heavy atom. The molecule has 3 N–H and O–H groups in total. The van der Waals surface area contributed by atoms with Crippen molar-refractivity contribution < 1.29 is 4.79 Å². The van der Waals surface area contributed by atoms with E-state index in [4.69, 9.17) is 5.73 Å². The third-order valence-corrected chi connectivity index (χ3v) is 6.66. The molecule has 0 spiro atoms. The number of hydrogen-bond acceptors (Lipinski definition) is 8. The number of nitrogen functional groups attached to an aromatic ring is 1. The summed E-state index contributed by atoms with van der Waals surface area (Å²) in [7, 11) is 0. The van der Waals surface area contributed by atoms with E-state index in [1.807, 2.05) is 30.3 Å². The molecule has 0 fully saturated rings. The average Bonchev–Trinajstić information content (AvgIpc) is 3.26. The lowest BCUT2D eigenvalue weighted by Gasteiger charge is -2.05. The Morgan fingerprint density at radius 3 is 2.70 bits per heavy atom. The Labute approximate surface area is 167 Å². The Bertz CT molecular complexity index is 1100. The van der Waals surface area contributed by atoms with Crippen LogP contribution in [0.2, 0.25) is 0 Å². The van der Waals surface area contributed by atoms with Gasteiger partial charge in [0.15, 0.2) is 4.34 Å². The van der Waals surface area contributed by atoms with Gasteiger partial charge in [-0.3, -0.25) is 4.79 Å². The maximum atomic E-state index is 12.1. The summed E-state index contributed by atoms with van der Waals surface area (Å²) in [6, 6.07) is 14.0. The molecule has 27 heavy (non-hydrogen) atoms. The third kappa shape index (κ3) is 4.26. The first-order valence-electron chi connectivity index (χ1n) is 8.06. The number of hydrogen-bond donors (Lipinski definition) is 2. The summed E-state index contributed by atoms with van der Waals surface area (Å²) in [6.45, 7) is 2.08. The van der Waals surface area contributed by atoms with Crippen LogP contribution < -0.4 is 11.1 Å². The topological polar surface area (TPSA) is 93.8 Å². The van der Waals surface area contributed by atoms with E-state index in [0.29, 0.717) is 9.47 Å². The van der Waals surface area contributed by atoms with Gasteiger partial charge in [0.1, 0.15) is 5.01 Å². The number of amides is 1. The monoisotopic (exact) mass is 413 g/mol. The number of nitrogens with zero attached hydrogens (tertiary/aromatic N) is 3. The highest BCUT2D eigenvalue weighted by Crippen LogP contribution is 2.31. The van der Waals surface area contributed by atoms with E-state index in [9.17, 15) is 4.79 Å². The smallest absolute Gasteiger partial charge is 0.234 e. The fourth-order valence-corrected chi connectivity index (χ4v) is 4.96. The van der Waals surface area contributed by atoms with Gasteiger partial charge in [0.2, 0.25) is 11.0 Å². The molecule has 0 unspecified atom stereocenters. The molecule has 0 aliphatic carbocycles. The number of thioether (sulfide) groups is 1. The molecule has 0 aliphatic rings. The maximum absolute atomic E-state index is 12.1. The molecule has 2 heterocycles. The molecular weight excluding hydrogens is 398 g/mol. The predicted octanol–water partition coefficient (Wildman–Crippen LogP) is 4.44.